The van der Waals surface area contributed by atoms with Crippen molar-refractivity contribution in [3.8, 4) is 5.75 Å². The number of likely N-dealkylation sites (tertiary alicyclic amines) is 1. The van der Waals surface area contributed by atoms with Gasteiger partial charge in [0.25, 0.3) is 0 Å². The predicted molar refractivity (Wildman–Crippen MR) is 145 cm³/mol. The number of hydrogen-bond donors (Lipinski definition) is 2. The summed E-state index contributed by atoms with van der Waals surface area (Å²) in [7, 11) is 0. The number of carbonyl (C=O) groups excluding carboxylic acids is 1. The molecular formula is C28H28BrClN2O3. The van der Waals surface area contributed by atoms with Crippen molar-refractivity contribution in [2.75, 3.05) is 31.6 Å². The zero-order valence-electron chi connectivity index (χ0n) is 19.3. The van der Waals surface area contributed by atoms with Gasteiger partial charge in [-0.2, -0.15) is 0 Å². The Morgan fingerprint density at radius 3 is 2.54 bits per heavy atom. The number of aliphatic hydroxyl groups is 1. The van der Waals surface area contributed by atoms with Crippen molar-refractivity contribution in [2.45, 2.75) is 18.4 Å². The van der Waals surface area contributed by atoms with Crippen LogP contribution in [-0.2, 0) is 10.4 Å². The Balaban J connectivity index is 1.26. The van der Waals surface area contributed by atoms with E-state index in [2.05, 4.69) is 26.1 Å². The van der Waals surface area contributed by atoms with Gasteiger partial charge in [-0.1, -0.05) is 60.1 Å². The van der Waals surface area contributed by atoms with Crippen molar-refractivity contribution in [3.63, 3.8) is 0 Å². The molecule has 1 heterocycles. The molecule has 0 unspecified atom stereocenters. The van der Waals surface area contributed by atoms with Crippen LogP contribution in [0.3, 0.4) is 0 Å². The zero-order valence-corrected chi connectivity index (χ0v) is 21.6. The first-order chi connectivity index (χ1) is 16.9. The maximum absolute atomic E-state index is 12.3. The molecule has 0 bridgehead atoms. The molecule has 1 aliphatic rings. The zero-order chi connectivity index (χ0) is 24.7. The number of carbonyl (C=O) groups is 1. The highest BCUT2D eigenvalue weighted by Crippen LogP contribution is 2.33. The van der Waals surface area contributed by atoms with Crippen molar-refractivity contribution in [1.82, 2.24) is 4.90 Å². The van der Waals surface area contributed by atoms with Crippen LogP contribution >= 0.6 is 27.5 Å². The molecule has 0 aromatic heterocycles. The van der Waals surface area contributed by atoms with Gasteiger partial charge in [-0.25, -0.2) is 0 Å². The molecule has 1 saturated heterocycles. The molecule has 1 amide bonds. The maximum atomic E-state index is 12.3. The molecule has 5 nitrogen and oxygen atoms in total. The fourth-order valence-electron chi connectivity index (χ4n) is 4.12. The third-order valence-corrected chi connectivity index (χ3v) is 7.18. The van der Waals surface area contributed by atoms with E-state index in [9.17, 15) is 9.90 Å². The summed E-state index contributed by atoms with van der Waals surface area (Å²) < 4.78 is 6.82. The van der Waals surface area contributed by atoms with Gasteiger partial charge in [0.1, 0.15) is 12.4 Å². The number of hydrogen-bond acceptors (Lipinski definition) is 4. The quantitative estimate of drug-likeness (QED) is 0.329. The lowest BCUT2D eigenvalue weighted by atomic mass is 9.84. The van der Waals surface area contributed by atoms with Crippen molar-refractivity contribution in [1.29, 1.82) is 0 Å². The molecular weight excluding hydrogens is 528 g/mol. The Morgan fingerprint density at radius 1 is 1.09 bits per heavy atom. The van der Waals surface area contributed by atoms with E-state index in [1.165, 1.54) is 6.08 Å². The van der Waals surface area contributed by atoms with E-state index >= 15 is 0 Å². The molecule has 4 rings (SSSR count). The van der Waals surface area contributed by atoms with E-state index in [0.717, 1.165) is 35.2 Å². The highest BCUT2D eigenvalue weighted by Gasteiger charge is 2.33. The van der Waals surface area contributed by atoms with Crippen LogP contribution in [0, 0.1) is 0 Å². The normalized spacial score (nSPS) is 15.7. The van der Waals surface area contributed by atoms with Crippen molar-refractivity contribution in [2.24, 2.45) is 0 Å². The molecule has 7 heteroatoms. The van der Waals surface area contributed by atoms with Crippen LogP contribution in [0.4, 0.5) is 5.69 Å². The van der Waals surface area contributed by atoms with Gasteiger partial charge in [-0.05, 0) is 64.2 Å². The number of benzene rings is 3. The monoisotopic (exact) mass is 554 g/mol. The molecule has 0 radical (unpaired) electrons. The third kappa shape index (κ3) is 6.95. The van der Waals surface area contributed by atoms with E-state index in [1.807, 2.05) is 60.7 Å². The first-order valence-corrected chi connectivity index (χ1v) is 12.8. The molecule has 182 valence electrons. The van der Waals surface area contributed by atoms with Gasteiger partial charge in [0.05, 0.1) is 10.1 Å². The van der Waals surface area contributed by atoms with E-state index in [0.29, 0.717) is 35.9 Å². The van der Waals surface area contributed by atoms with Gasteiger partial charge in [-0.3, -0.25) is 9.69 Å². The number of nitrogens with zero attached hydrogens (tertiary/aromatic N) is 1. The largest absolute Gasteiger partial charge is 0.491 e. The second-order valence-electron chi connectivity index (χ2n) is 8.58. The fraction of sp³-hybridized carbons (Fsp3) is 0.250. The number of anilines is 1. The van der Waals surface area contributed by atoms with Crippen LogP contribution in [0.1, 0.15) is 24.0 Å². The van der Waals surface area contributed by atoms with Gasteiger partial charge in [-0.15, -0.1) is 0 Å². The average molecular weight is 556 g/mol. The number of halogens is 2. The SMILES string of the molecule is O=C(/C=C/c1ccccc1Cl)Nc1ccc(Br)c(OCCN2CCC(O)(c3ccccc3)CC2)c1. The first kappa shape index (κ1) is 25.5. The highest BCUT2D eigenvalue weighted by molar-refractivity contribution is 9.10. The molecule has 0 atom stereocenters. The lowest BCUT2D eigenvalue weighted by Gasteiger charge is -2.38. The number of amides is 1. The molecule has 0 saturated carbocycles. The Hall–Kier alpha value is -2.64. The Labute approximate surface area is 219 Å². The average Bonchev–Trinajstić information content (AvgIpc) is 2.87. The molecule has 1 aliphatic heterocycles. The fourth-order valence-corrected chi connectivity index (χ4v) is 4.68. The van der Waals surface area contributed by atoms with Crippen molar-refractivity contribution >= 4 is 45.2 Å². The minimum absolute atomic E-state index is 0.252. The van der Waals surface area contributed by atoms with E-state index in [-0.39, 0.29) is 5.91 Å². The summed E-state index contributed by atoms with van der Waals surface area (Å²) in [5, 5.41) is 14.5. The van der Waals surface area contributed by atoms with Crippen LogP contribution in [-0.4, -0.2) is 42.2 Å². The molecule has 0 spiro atoms. The number of ether oxygens (including phenoxy) is 1. The summed E-state index contributed by atoms with van der Waals surface area (Å²) in [6.45, 7) is 2.88. The molecule has 0 aliphatic carbocycles. The van der Waals surface area contributed by atoms with Crippen LogP contribution in [0.5, 0.6) is 5.75 Å². The maximum Gasteiger partial charge on any atom is 0.248 e. The Kier molecular flexibility index (Phi) is 8.63. The summed E-state index contributed by atoms with van der Waals surface area (Å²) in [5.41, 5.74) is 1.65. The van der Waals surface area contributed by atoms with Gasteiger partial charge in [0.15, 0.2) is 0 Å². The molecule has 2 N–H and O–H groups in total. The number of rotatable bonds is 8. The van der Waals surface area contributed by atoms with E-state index < -0.39 is 5.60 Å². The first-order valence-electron chi connectivity index (χ1n) is 11.6. The van der Waals surface area contributed by atoms with Crippen molar-refractivity contribution < 1.29 is 14.6 Å². The third-order valence-electron chi connectivity index (χ3n) is 6.18. The van der Waals surface area contributed by atoms with Gasteiger partial charge < -0.3 is 15.2 Å². The molecule has 35 heavy (non-hydrogen) atoms. The number of piperidine rings is 1. The minimum atomic E-state index is -0.755. The second-order valence-corrected chi connectivity index (χ2v) is 9.84. The predicted octanol–water partition coefficient (Wildman–Crippen LogP) is 6.12. The van der Waals surface area contributed by atoms with Crippen LogP contribution < -0.4 is 10.1 Å². The minimum Gasteiger partial charge on any atom is -0.491 e. The molecule has 3 aromatic carbocycles. The molecule has 1 fully saturated rings. The second kappa shape index (κ2) is 11.9. The van der Waals surface area contributed by atoms with Gasteiger partial charge in [0.2, 0.25) is 5.91 Å². The summed E-state index contributed by atoms with van der Waals surface area (Å²) in [4.78, 5) is 14.7. The summed E-state index contributed by atoms with van der Waals surface area (Å²) in [6, 6.07) is 22.7. The Morgan fingerprint density at radius 2 is 1.80 bits per heavy atom. The van der Waals surface area contributed by atoms with Crippen molar-refractivity contribution in [3.05, 3.63) is 99.5 Å². The smallest absolute Gasteiger partial charge is 0.248 e. The van der Waals surface area contributed by atoms with E-state index in [4.69, 9.17) is 16.3 Å². The highest BCUT2D eigenvalue weighted by atomic mass is 79.9. The summed E-state index contributed by atoms with van der Waals surface area (Å²) >= 11 is 9.65. The molecule has 3 aromatic rings. The number of nitrogens with one attached hydrogen (secondary N) is 1. The lowest BCUT2D eigenvalue weighted by Crippen LogP contribution is -2.43. The van der Waals surface area contributed by atoms with E-state index in [1.54, 1.807) is 18.2 Å². The standard InChI is InChI=1S/C28H28BrClN2O3/c29-24-12-11-23(31-27(33)13-10-21-6-4-5-9-25(21)30)20-26(24)35-19-18-32-16-14-28(34,15-17-32)22-7-2-1-3-8-22/h1-13,20,34H,14-19H2,(H,31,33)/b13-10+. The topological polar surface area (TPSA) is 61.8 Å². The Bertz CT molecular complexity index is 1180. The summed E-state index contributed by atoms with van der Waals surface area (Å²) in [5.74, 6) is 0.410. The van der Waals surface area contributed by atoms with Crippen LogP contribution in [0.2, 0.25) is 5.02 Å². The van der Waals surface area contributed by atoms with Crippen LogP contribution in [0.15, 0.2) is 83.3 Å². The summed E-state index contributed by atoms with van der Waals surface area (Å²) in [6.07, 6.45) is 4.54. The van der Waals surface area contributed by atoms with Crippen LogP contribution in [0.25, 0.3) is 6.08 Å². The lowest BCUT2D eigenvalue weighted by molar-refractivity contribution is -0.111. The van der Waals surface area contributed by atoms with Gasteiger partial charge in [0, 0.05) is 42.5 Å². The van der Waals surface area contributed by atoms with Gasteiger partial charge >= 0.3 is 0 Å².